The Labute approximate surface area is 189 Å². The topological polar surface area (TPSA) is 105 Å². The summed E-state index contributed by atoms with van der Waals surface area (Å²) in [5.74, 6) is -4.34. The van der Waals surface area contributed by atoms with E-state index in [2.05, 4.69) is 0 Å². The second-order valence-electron chi connectivity index (χ2n) is 8.76. The summed E-state index contributed by atoms with van der Waals surface area (Å²) in [5.41, 5.74) is 0.602. The van der Waals surface area contributed by atoms with Gasteiger partial charge in [0.15, 0.2) is 0 Å². The molecule has 2 unspecified atom stereocenters. The molecule has 0 radical (unpaired) electrons. The number of aryl methyl sites for hydroxylation is 1. The number of carbonyl (C=O) groups is 4. The van der Waals surface area contributed by atoms with Gasteiger partial charge in [-0.1, -0.05) is 35.9 Å². The molecule has 2 aromatic rings. The maximum atomic E-state index is 12.5. The van der Waals surface area contributed by atoms with E-state index < -0.39 is 47.4 Å². The zero-order valence-electron chi connectivity index (χ0n) is 17.9. The Morgan fingerprint density at radius 1 is 0.939 bits per heavy atom. The van der Waals surface area contributed by atoms with Gasteiger partial charge in [-0.3, -0.25) is 9.59 Å². The molecule has 0 spiro atoms. The SMILES string of the molecule is Cc1ccc(C(=O)OC[C@]23C[C@@H](COC(=O)c4ccccc4)[C@@H](O2)C2C(=O)OC(=O)C23)cc1. The largest absolute Gasteiger partial charge is 0.462 e. The van der Waals surface area contributed by atoms with Crippen molar-refractivity contribution in [2.24, 2.45) is 17.8 Å². The standard InChI is InChI=1S/C25H22O8/c1-14-7-9-16(10-8-14)22(27)31-13-25-11-17(12-30-21(26)15-5-3-2-4-6-15)20(33-25)18-19(25)24(29)32-23(18)28/h2-10,17-20H,11-13H2,1H3/t17-,18?,19?,20+,25-/m0/s1. The van der Waals surface area contributed by atoms with Crippen molar-refractivity contribution in [1.29, 1.82) is 0 Å². The van der Waals surface area contributed by atoms with E-state index >= 15 is 0 Å². The van der Waals surface area contributed by atoms with Crippen LogP contribution in [-0.4, -0.2) is 48.8 Å². The van der Waals surface area contributed by atoms with Gasteiger partial charge in [0.2, 0.25) is 0 Å². The van der Waals surface area contributed by atoms with Gasteiger partial charge >= 0.3 is 23.9 Å². The molecule has 8 heteroatoms. The van der Waals surface area contributed by atoms with Crippen LogP contribution in [0.3, 0.4) is 0 Å². The third kappa shape index (κ3) is 3.70. The average molecular weight is 450 g/mol. The molecule has 5 rings (SSSR count). The number of hydrogen-bond donors (Lipinski definition) is 0. The molecule has 3 heterocycles. The highest BCUT2D eigenvalue weighted by Gasteiger charge is 2.72. The predicted octanol–water partition coefficient (Wildman–Crippen LogP) is 2.48. The van der Waals surface area contributed by atoms with Gasteiger partial charge in [-0.25, -0.2) is 9.59 Å². The van der Waals surface area contributed by atoms with Crippen LogP contribution in [0.5, 0.6) is 0 Å². The third-order valence-corrected chi connectivity index (χ3v) is 6.62. The summed E-state index contributed by atoms with van der Waals surface area (Å²) in [6, 6.07) is 15.5. The van der Waals surface area contributed by atoms with Gasteiger partial charge < -0.3 is 18.9 Å². The zero-order chi connectivity index (χ0) is 23.2. The first-order valence-corrected chi connectivity index (χ1v) is 10.8. The molecule has 0 aromatic heterocycles. The fourth-order valence-corrected chi connectivity index (χ4v) is 5.06. The number of benzene rings is 2. The first-order chi connectivity index (χ1) is 15.9. The molecular formula is C25H22O8. The van der Waals surface area contributed by atoms with Crippen LogP contribution < -0.4 is 0 Å². The molecular weight excluding hydrogens is 428 g/mol. The van der Waals surface area contributed by atoms with Crippen molar-refractivity contribution in [2.45, 2.75) is 25.0 Å². The smallest absolute Gasteiger partial charge is 0.338 e. The van der Waals surface area contributed by atoms with E-state index in [1.807, 2.05) is 6.92 Å². The summed E-state index contributed by atoms with van der Waals surface area (Å²) < 4.78 is 22.0. The van der Waals surface area contributed by atoms with Gasteiger partial charge in [0, 0.05) is 5.92 Å². The number of hydrogen-bond acceptors (Lipinski definition) is 8. The highest BCUT2D eigenvalue weighted by molar-refractivity contribution is 5.98. The second kappa shape index (κ2) is 8.12. The van der Waals surface area contributed by atoms with E-state index in [4.69, 9.17) is 18.9 Å². The maximum absolute atomic E-state index is 12.5. The summed E-state index contributed by atoms with van der Waals surface area (Å²) in [4.78, 5) is 49.7. The number of ether oxygens (including phenoxy) is 4. The van der Waals surface area contributed by atoms with Crippen molar-refractivity contribution < 1.29 is 38.1 Å². The van der Waals surface area contributed by atoms with Crippen LogP contribution in [0.2, 0.25) is 0 Å². The molecule has 3 aliphatic heterocycles. The molecule has 0 N–H and O–H groups in total. The average Bonchev–Trinajstić information content (AvgIpc) is 3.46. The molecule has 3 aliphatic rings. The van der Waals surface area contributed by atoms with Crippen LogP contribution in [0.1, 0.15) is 32.7 Å². The lowest BCUT2D eigenvalue weighted by molar-refractivity contribution is -0.160. The van der Waals surface area contributed by atoms with Gasteiger partial charge in [-0.15, -0.1) is 0 Å². The van der Waals surface area contributed by atoms with Crippen molar-refractivity contribution in [3.63, 3.8) is 0 Å². The summed E-state index contributed by atoms with van der Waals surface area (Å²) in [7, 11) is 0. The van der Waals surface area contributed by atoms with E-state index in [0.717, 1.165) is 5.56 Å². The first kappa shape index (κ1) is 21.3. The minimum Gasteiger partial charge on any atom is -0.462 e. The van der Waals surface area contributed by atoms with Crippen molar-refractivity contribution in [3.8, 4) is 0 Å². The Balaban J connectivity index is 1.31. The van der Waals surface area contributed by atoms with Gasteiger partial charge in [0.1, 0.15) is 24.0 Å². The Morgan fingerprint density at radius 2 is 1.61 bits per heavy atom. The van der Waals surface area contributed by atoms with Crippen molar-refractivity contribution in [3.05, 3.63) is 71.3 Å². The molecule has 3 fully saturated rings. The highest BCUT2D eigenvalue weighted by Crippen LogP contribution is 2.57. The van der Waals surface area contributed by atoms with Crippen LogP contribution in [0, 0.1) is 24.7 Å². The van der Waals surface area contributed by atoms with Crippen LogP contribution in [0.25, 0.3) is 0 Å². The normalized spacial score (nSPS) is 29.5. The fourth-order valence-electron chi connectivity index (χ4n) is 5.06. The Bertz CT molecular complexity index is 1110. The fraction of sp³-hybridized carbons (Fsp3) is 0.360. The Hall–Kier alpha value is -3.52. The lowest BCUT2D eigenvalue weighted by Gasteiger charge is -2.31. The number of fused-ring (bicyclic) bond motifs is 5. The maximum Gasteiger partial charge on any atom is 0.338 e. The Kier molecular flexibility index (Phi) is 5.25. The molecule has 0 amide bonds. The number of carbonyl (C=O) groups excluding carboxylic acids is 4. The summed E-state index contributed by atoms with van der Waals surface area (Å²) in [6.45, 7) is 1.71. The van der Waals surface area contributed by atoms with Gasteiger partial charge in [0.25, 0.3) is 0 Å². The minimum atomic E-state index is -1.19. The predicted molar refractivity (Wildman–Crippen MR) is 112 cm³/mol. The lowest BCUT2D eigenvalue weighted by atomic mass is 9.69. The monoisotopic (exact) mass is 450 g/mol. The molecule has 8 nitrogen and oxygen atoms in total. The molecule has 2 bridgehead atoms. The van der Waals surface area contributed by atoms with E-state index in [0.29, 0.717) is 17.5 Å². The molecule has 33 heavy (non-hydrogen) atoms. The summed E-state index contributed by atoms with van der Waals surface area (Å²) >= 11 is 0. The zero-order valence-corrected chi connectivity index (χ0v) is 17.9. The van der Waals surface area contributed by atoms with Crippen molar-refractivity contribution >= 4 is 23.9 Å². The number of esters is 4. The van der Waals surface area contributed by atoms with E-state index in [1.165, 1.54) is 0 Å². The Morgan fingerprint density at radius 3 is 2.33 bits per heavy atom. The molecule has 2 aromatic carbocycles. The van der Waals surface area contributed by atoms with Gasteiger partial charge in [-0.2, -0.15) is 0 Å². The van der Waals surface area contributed by atoms with E-state index in [9.17, 15) is 19.2 Å². The lowest BCUT2D eigenvalue weighted by Crippen LogP contribution is -2.47. The van der Waals surface area contributed by atoms with Crippen molar-refractivity contribution in [1.82, 2.24) is 0 Å². The second-order valence-corrected chi connectivity index (χ2v) is 8.76. The van der Waals surface area contributed by atoms with Crippen LogP contribution >= 0.6 is 0 Å². The van der Waals surface area contributed by atoms with Crippen LogP contribution in [0.4, 0.5) is 0 Å². The number of cyclic esters (lactones) is 2. The quantitative estimate of drug-likeness (QED) is 0.376. The van der Waals surface area contributed by atoms with E-state index in [1.54, 1.807) is 54.6 Å². The summed E-state index contributed by atoms with van der Waals surface area (Å²) in [6.07, 6.45) is -0.361. The summed E-state index contributed by atoms with van der Waals surface area (Å²) in [5, 5.41) is 0. The van der Waals surface area contributed by atoms with Crippen molar-refractivity contribution in [2.75, 3.05) is 13.2 Å². The van der Waals surface area contributed by atoms with Gasteiger partial charge in [-0.05, 0) is 37.6 Å². The third-order valence-electron chi connectivity index (χ3n) is 6.62. The highest BCUT2D eigenvalue weighted by atomic mass is 16.6. The van der Waals surface area contributed by atoms with Crippen LogP contribution in [0.15, 0.2) is 54.6 Å². The number of rotatable bonds is 6. The molecule has 5 atom stereocenters. The minimum absolute atomic E-state index is 0.0107. The van der Waals surface area contributed by atoms with Gasteiger partial charge in [0.05, 0.1) is 23.8 Å². The molecule has 3 saturated heterocycles. The molecule has 170 valence electrons. The van der Waals surface area contributed by atoms with Crippen LogP contribution in [-0.2, 0) is 28.5 Å². The first-order valence-electron chi connectivity index (χ1n) is 10.8. The molecule has 0 saturated carbocycles. The van der Waals surface area contributed by atoms with E-state index in [-0.39, 0.29) is 19.1 Å². The molecule has 0 aliphatic carbocycles.